The topological polar surface area (TPSA) is 61.6 Å². The Hall–Kier alpha value is -1.93. The van der Waals surface area contributed by atoms with E-state index in [0.717, 1.165) is 28.6 Å². The van der Waals surface area contributed by atoms with Crippen LogP contribution in [0.1, 0.15) is 17.6 Å². The van der Waals surface area contributed by atoms with Crippen LogP contribution < -0.4 is 5.32 Å². The number of nitrogens with zero attached hydrogens (tertiary/aromatic N) is 3. The minimum Gasteiger partial charge on any atom is -0.373 e. The van der Waals surface area contributed by atoms with Gasteiger partial charge in [0.05, 0.1) is 10.6 Å². The second-order valence-electron chi connectivity index (χ2n) is 3.43. The SMILES string of the molecule is CCc1nc(NC)cc(-c2ccc(C#N)s2)n1. The van der Waals surface area contributed by atoms with Gasteiger partial charge in [0.2, 0.25) is 0 Å². The number of rotatable bonds is 3. The molecule has 5 heteroatoms. The maximum Gasteiger partial charge on any atom is 0.131 e. The smallest absolute Gasteiger partial charge is 0.131 e. The fourth-order valence-electron chi connectivity index (χ4n) is 1.45. The van der Waals surface area contributed by atoms with E-state index in [0.29, 0.717) is 4.88 Å². The van der Waals surface area contributed by atoms with Crippen molar-refractivity contribution in [1.29, 1.82) is 5.26 Å². The van der Waals surface area contributed by atoms with Gasteiger partial charge in [-0.15, -0.1) is 11.3 Å². The van der Waals surface area contributed by atoms with E-state index in [9.17, 15) is 0 Å². The highest BCUT2D eigenvalue weighted by Crippen LogP contribution is 2.27. The summed E-state index contributed by atoms with van der Waals surface area (Å²) in [5.74, 6) is 1.61. The van der Waals surface area contributed by atoms with Crippen molar-refractivity contribution in [2.24, 2.45) is 0 Å². The van der Waals surface area contributed by atoms with Gasteiger partial charge in [0, 0.05) is 19.5 Å². The molecule has 0 saturated heterocycles. The first kappa shape index (κ1) is 11.6. The third kappa shape index (κ3) is 2.43. The van der Waals surface area contributed by atoms with Gasteiger partial charge in [0.1, 0.15) is 22.6 Å². The number of hydrogen-bond acceptors (Lipinski definition) is 5. The van der Waals surface area contributed by atoms with Crippen LogP contribution >= 0.6 is 11.3 Å². The van der Waals surface area contributed by atoms with Crippen LogP contribution in [0, 0.1) is 11.3 Å². The average molecular weight is 244 g/mol. The van der Waals surface area contributed by atoms with Crippen LogP contribution in [0.15, 0.2) is 18.2 Å². The summed E-state index contributed by atoms with van der Waals surface area (Å²) in [6, 6.07) is 7.76. The summed E-state index contributed by atoms with van der Waals surface area (Å²) in [7, 11) is 1.83. The molecule has 17 heavy (non-hydrogen) atoms. The first-order valence-corrected chi connectivity index (χ1v) is 6.14. The molecule has 0 atom stereocenters. The summed E-state index contributed by atoms with van der Waals surface area (Å²) >= 11 is 1.45. The van der Waals surface area contributed by atoms with Gasteiger partial charge in [-0.1, -0.05) is 6.92 Å². The molecule has 0 bridgehead atoms. The standard InChI is InChI=1S/C12H12N4S/c1-3-11-15-9(6-12(14-2)16-11)10-5-4-8(7-13)17-10/h4-6H,3H2,1-2H3,(H,14,15,16). The fraction of sp³-hybridized carbons (Fsp3) is 0.250. The first-order valence-electron chi connectivity index (χ1n) is 5.32. The van der Waals surface area contributed by atoms with Gasteiger partial charge in [-0.2, -0.15) is 5.26 Å². The number of hydrogen-bond donors (Lipinski definition) is 1. The highest BCUT2D eigenvalue weighted by atomic mass is 32.1. The number of thiophene rings is 1. The molecule has 1 N–H and O–H groups in total. The van der Waals surface area contributed by atoms with Crippen LogP contribution in [-0.2, 0) is 6.42 Å². The minimum absolute atomic E-state index is 0.697. The number of nitriles is 1. The Bertz CT molecular complexity index is 546. The van der Waals surface area contributed by atoms with Crippen molar-refractivity contribution < 1.29 is 0 Å². The zero-order valence-electron chi connectivity index (χ0n) is 9.69. The predicted molar refractivity (Wildman–Crippen MR) is 69.0 cm³/mol. The lowest BCUT2D eigenvalue weighted by Crippen LogP contribution is -2.00. The Balaban J connectivity index is 2.47. The van der Waals surface area contributed by atoms with Crippen molar-refractivity contribution in [2.45, 2.75) is 13.3 Å². The van der Waals surface area contributed by atoms with Crippen LogP contribution in [0.4, 0.5) is 5.82 Å². The molecule has 86 valence electrons. The fourth-order valence-corrected chi connectivity index (χ4v) is 2.21. The molecule has 0 aliphatic rings. The molecular weight excluding hydrogens is 232 g/mol. The van der Waals surface area contributed by atoms with Crippen LogP contribution in [-0.4, -0.2) is 17.0 Å². The summed E-state index contributed by atoms with van der Waals surface area (Å²) in [4.78, 5) is 10.5. The van der Waals surface area contributed by atoms with E-state index < -0.39 is 0 Å². The van der Waals surface area contributed by atoms with E-state index in [4.69, 9.17) is 5.26 Å². The van der Waals surface area contributed by atoms with Gasteiger partial charge in [-0.3, -0.25) is 0 Å². The molecular formula is C12H12N4S. The lowest BCUT2D eigenvalue weighted by atomic mass is 10.3. The molecule has 0 unspecified atom stereocenters. The Morgan fingerprint density at radius 1 is 1.41 bits per heavy atom. The highest BCUT2D eigenvalue weighted by Gasteiger charge is 2.07. The van der Waals surface area contributed by atoms with E-state index >= 15 is 0 Å². The lowest BCUT2D eigenvalue weighted by molar-refractivity contribution is 0.946. The van der Waals surface area contributed by atoms with Crippen molar-refractivity contribution in [2.75, 3.05) is 12.4 Å². The molecule has 0 aliphatic carbocycles. The molecule has 0 aliphatic heterocycles. The molecule has 2 aromatic rings. The summed E-state index contributed by atoms with van der Waals surface area (Å²) in [6.45, 7) is 2.02. The first-order chi connectivity index (χ1) is 8.26. The molecule has 0 spiro atoms. The number of aromatic nitrogens is 2. The van der Waals surface area contributed by atoms with Gasteiger partial charge in [0.25, 0.3) is 0 Å². The van der Waals surface area contributed by atoms with E-state index in [1.54, 1.807) is 0 Å². The Morgan fingerprint density at radius 3 is 2.82 bits per heavy atom. The van der Waals surface area contributed by atoms with Gasteiger partial charge in [0.15, 0.2) is 0 Å². The third-order valence-electron chi connectivity index (χ3n) is 2.31. The second-order valence-corrected chi connectivity index (χ2v) is 4.52. The molecule has 2 aromatic heterocycles. The van der Waals surface area contributed by atoms with E-state index in [2.05, 4.69) is 21.4 Å². The normalized spacial score (nSPS) is 9.94. The second kappa shape index (κ2) is 4.93. The maximum absolute atomic E-state index is 8.81. The molecule has 0 saturated carbocycles. The van der Waals surface area contributed by atoms with Gasteiger partial charge in [-0.25, -0.2) is 9.97 Å². The van der Waals surface area contributed by atoms with Crippen molar-refractivity contribution in [1.82, 2.24) is 9.97 Å². The monoisotopic (exact) mass is 244 g/mol. The third-order valence-corrected chi connectivity index (χ3v) is 3.33. The minimum atomic E-state index is 0.697. The van der Waals surface area contributed by atoms with E-state index in [1.807, 2.05) is 32.2 Å². The summed E-state index contributed by atoms with van der Waals surface area (Å²) in [5.41, 5.74) is 0.868. The van der Waals surface area contributed by atoms with Gasteiger partial charge in [-0.05, 0) is 12.1 Å². The van der Waals surface area contributed by atoms with Gasteiger partial charge >= 0.3 is 0 Å². The van der Waals surface area contributed by atoms with E-state index in [-0.39, 0.29) is 0 Å². The maximum atomic E-state index is 8.81. The number of anilines is 1. The van der Waals surface area contributed by atoms with Crippen molar-refractivity contribution >= 4 is 17.2 Å². The Kier molecular flexibility index (Phi) is 3.35. The summed E-state index contributed by atoms with van der Waals surface area (Å²) in [5, 5.41) is 11.8. The zero-order valence-corrected chi connectivity index (χ0v) is 10.5. The van der Waals surface area contributed by atoms with Crippen LogP contribution in [0.25, 0.3) is 10.6 Å². The number of nitrogens with one attached hydrogen (secondary N) is 1. The predicted octanol–water partition coefficient (Wildman–Crippen LogP) is 2.68. The van der Waals surface area contributed by atoms with Crippen molar-refractivity contribution in [3.63, 3.8) is 0 Å². The molecule has 0 fully saturated rings. The molecule has 2 heterocycles. The van der Waals surface area contributed by atoms with Crippen LogP contribution in [0.3, 0.4) is 0 Å². The molecule has 0 radical (unpaired) electrons. The summed E-state index contributed by atoms with van der Waals surface area (Å²) < 4.78 is 0. The summed E-state index contributed by atoms with van der Waals surface area (Å²) in [6.07, 6.45) is 0.791. The van der Waals surface area contributed by atoms with Crippen LogP contribution in [0.2, 0.25) is 0 Å². The Morgan fingerprint density at radius 2 is 2.24 bits per heavy atom. The van der Waals surface area contributed by atoms with Gasteiger partial charge < -0.3 is 5.32 Å². The Labute approximate surface area is 104 Å². The highest BCUT2D eigenvalue weighted by molar-refractivity contribution is 7.15. The molecule has 4 nitrogen and oxygen atoms in total. The largest absolute Gasteiger partial charge is 0.373 e. The van der Waals surface area contributed by atoms with Crippen molar-refractivity contribution in [3.8, 4) is 16.6 Å². The molecule has 2 rings (SSSR count). The van der Waals surface area contributed by atoms with Crippen molar-refractivity contribution in [3.05, 3.63) is 28.9 Å². The zero-order chi connectivity index (χ0) is 12.3. The average Bonchev–Trinajstić information content (AvgIpc) is 2.86. The lowest BCUT2D eigenvalue weighted by Gasteiger charge is -2.04. The van der Waals surface area contributed by atoms with Crippen LogP contribution in [0.5, 0.6) is 0 Å². The number of aryl methyl sites for hydroxylation is 1. The quantitative estimate of drug-likeness (QED) is 0.901. The van der Waals surface area contributed by atoms with E-state index in [1.165, 1.54) is 11.3 Å². The molecule has 0 amide bonds. The molecule has 0 aromatic carbocycles.